The molecule has 1 amide bonds. The van der Waals surface area contributed by atoms with Gasteiger partial charge in [0, 0.05) is 13.0 Å². The number of aliphatic carboxylic acids is 1. The fourth-order valence-corrected chi connectivity index (χ4v) is 2.84. The van der Waals surface area contributed by atoms with Gasteiger partial charge in [0.2, 0.25) is 5.91 Å². The van der Waals surface area contributed by atoms with Gasteiger partial charge in [-0.15, -0.1) is 0 Å². The first-order valence-electron chi connectivity index (χ1n) is 7.67. The SMILES string of the molecule is Cc1ccccc1OCCCC(=O)N1CCCC1(C)C(=O)O. The molecule has 1 unspecified atom stereocenters. The maximum absolute atomic E-state index is 12.3. The quantitative estimate of drug-likeness (QED) is 0.820. The van der Waals surface area contributed by atoms with Gasteiger partial charge in [-0.3, -0.25) is 4.79 Å². The van der Waals surface area contributed by atoms with E-state index in [1.807, 2.05) is 31.2 Å². The van der Waals surface area contributed by atoms with Crippen molar-refractivity contribution in [1.29, 1.82) is 0 Å². The Morgan fingerprint density at radius 3 is 2.77 bits per heavy atom. The van der Waals surface area contributed by atoms with Gasteiger partial charge in [-0.25, -0.2) is 4.79 Å². The number of carboxylic acids is 1. The Labute approximate surface area is 130 Å². The smallest absolute Gasteiger partial charge is 0.329 e. The number of amides is 1. The molecule has 1 atom stereocenters. The van der Waals surface area contributed by atoms with Crippen LogP contribution in [0.3, 0.4) is 0 Å². The highest BCUT2D eigenvalue weighted by molar-refractivity contribution is 5.87. The Morgan fingerprint density at radius 1 is 1.36 bits per heavy atom. The summed E-state index contributed by atoms with van der Waals surface area (Å²) >= 11 is 0. The van der Waals surface area contributed by atoms with Crippen LogP contribution >= 0.6 is 0 Å². The molecule has 0 bridgehead atoms. The van der Waals surface area contributed by atoms with E-state index in [2.05, 4.69) is 0 Å². The lowest BCUT2D eigenvalue weighted by Crippen LogP contribution is -2.50. The van der Waals surface area contributed by atoms with E-state index in [0.29, 0.717) is 32.4 Å². The van der Waals surface area contributed by atoms with Gasteiger partial charge in [0.15, 0.2) is 0 Å². The van der Waals surface area contributed by atoms with Crippen LogP contribution < -0.4 is 4.74 Å². The van der Waals surface area contributed by atoms with Gasteiger partial charge in [0.05, 0.1) is 6.61 Å². The molecule has 0 aliphatic carbocycles. The van der Waals surface area contributed by atoms with Gasteiger partial charge in [-0.2, -0.15) is 0 Å². The van der Waals surface area contributed by atoms with E-state index in [0.717, 1.165) is 17.7 Å². The Kier molecular flexibility index (Phi) is 5.06. The number of nitrogens with zero attached hydrogens (tertiary/aromatic N) is 1. The molecule has 22 heavy (non-hydrogen) atoms. The van der Waals surface area contributed by atoms with Crippen molar-refractivity contribution in [3.8, 4) is 5.75 Å². The number of benzene rings is 1. The minimum absolute atomic E-state index is 0.101. The topological polar surface area (TPSA) is 66.8 Å². The molecule has 5 heteroatoms. The normalized spacial score (nSPS) is 20.9. The summed E-state index contributed by atoms with van der Waals surface area (Å²) < 4.78 is 5.66. The molecule has 5 nitrogen and oxygen atoms in total. The zero-order valence-corrected chi connectivity index (χ0v) is 13.2. The zero-order valence-electron chi connectivity index (χ0n) is 13.2. The van der Waals surface area contributed by atoms with Crippen LogP contribution in [-0.2, 0) is 9.59 Å². The molecule has 0 saturated carbocycles. The number of aryl methyl sites for hydroxylation is 1. The van der Waals surface area contributed by atoms with E-state index in [1.165, 1.54) is 4.90 Å². The molecule has 1 aromatic rings. The Bertz CT molecular complexity index is 557. The minimum atomic E-state index is -1.05. The third-order valence-electron chi connectivity index (χ3n) is 4.29. The van der Waals surface area contributed by atoms with E-state index in [9.17, 15) is 14.7 Å². The average Bonchev–Trinajstić information content (AvgIpc) is 2.88. The number of likely N-dealkylation sites (tertiary alicyclic amines) is 1. The largest absolute Gasteiger partial charge is 0.493 e. The second-order valence-corrected chi connectivity index (χ2v) is 5.95. The summed E-state index contributed by atoms with van der Waals surface area (Å²) in [7, 11) is 0. The van der Waals surface area contributed by atoms with Crippen molar-refractivity contribution in [2.24, 2.45) is 0 Å². The van der Waals surface area contributed by atoms with E-state index in [4.69, 9.17) is 4.74 Å². The zero-order chi connectivity index (χ0) is 16.2. The van der Waals surface area contributed by atoms with Gasteiger partial charge in [0.25, 0.3) is 0 Å². The number of carbonyl (C=O) groups is 2. The molecular formula is C17H23NO4. The highest BCUT2D eigenvalue weighted by Crippen LogP contribution is 2.30. The van der Waals surface area contributed by atoms with Crippen molar-refractivity contribution < 1.29 is 19.4 Å². The van der Waals surface area contributed by atoms with Crippen molar-refractivity contribution in [3.05, 3.63) is 29.8 Å². The van der Waals surface area contributed by atoms with Gasteiger partial charge < -0.3 is 14.7 Å². The summed E-state index contributed by atoms with van der Waals surface area (Å²) in [6.45, 7) is 4.58. The summed E-state index contributed by atoms with van der Waals surface area (Å²) in [6.07, 6.45) is 2.16. The van der Waals surface area contributed by atoms with Gasteiger partial charge >= 0.3 is 5.97 Å². The molecular weight excluding hydrogens is 282 g/mol. The molecule has 120 valence electrons. The number of hydrogen-bond acceptors (Lipinski definition) is 3. The lowest BCUT2D eigenvalue weighted by molar-refractivity contribution is -0.155. The summed E-state index contributed by atoms with van der Waals surface area (Å²) in [4.78, 5) is 25.1. The Balaban J connectivity index is 1.81. The van der Waals surface area contributed by atoms with Crippen LogP contribution in [0.15, 0.2) is 24.3 Å². The number of para-hydroxylation sites is 1. The number of rotatable bonds is 6. The van der Waals surface area contributed by atoms with E-state index in [1.54, 1.807) is 6.92 Å². The highest BCUT2D eigenvalue weighted by atomic mass is 16.5. The molecule has 1 aliphatic rings. The van der Waals surface area contributed by atoms with Crippen LogP contribution in [0.5, 0.6) is 5.75 Å². The number of ether oxygens (including phenoxy) is 1. The third kappa shape index (κ3) is 3.40. The first kappa shape index (κ1) is 16.3. The molecule has 0 aromatic heterocycles. The molecule has 0 radical (unpaired) electrons. The van der Waals surface area contributed by atoms with E-state index >= 15 is 0 Å². The maximum Gasteiger partial charge on any atom is 0.329 e. The summed E-state index contributed by atoms with van der Waals surface area (Å²) in [6, 6.07) is 7.74. The van der Waals surface area contributed by atoms with E-state index < -0.39 is 11.5 Å². The minimum Gasteiger partial charge on any atom is -0.493 e. The first-order chi connectivity index (χ1) is 10.4. The number of carboxylic acid groups (broad SMARTS) is 1. The molecule has 1 aliphatic heterocycles. The average molecular weight is 305 g/mol. The fourth-order valence-electron chi connectivity index (χ4n) is 2.84. The van der Waals surface area contributed by atoms with Crippen LogP contribution in [0.1, 0.15) is 38.2 Å². The van der Waals surface area contributed by atoms with Crippen LogP contribution in [0.25, 0.3) is 0 Å². The molecule has 0 spiro atoms. The van der Waals surface area contributed by atoms with Gasteiger partial charge in [-0.05, 0) is 44.7 Å². The molecule has 2 rings (SSSR count). The van der Waals surface area contributed by atoms with Gasteiger partial charge in [0.1, 0.15) is 11.3 Å². The van der Waals surface area contributed by atoms with Crippen molar-refractivity contribution in [2.75, 3.05) is 13.2 Å². The molecule has 1 heterocycles. The van der Waals surface area contributed by atoms with Crippen LogP contribution in [0, 0.1) is 6.92 Å². The first-order valence-corrected chi connectivity index (χ1v) is 7.67. The highest BCUT2D eigenvalue weighted by Gasteiger charge is 2.45. The van der Waals surface area contributed by atoms with Crippen LogP contribution in [0.2, 0.25) is 0 Å². The van der Waals surface area contributed by atoms with Crippen molar-refractivity contribution >= 4 is 11.9 Å². The van der Waals surface area contributed by atoms with Crippen molar-refractivity contribution in [1.82, 2.24) is 4.90 Å². The second kappa shape index (κ2) is 6.81. The molecule has 1 saturated heterocycles. The standard InChI is InChI=1S/C17H23NO4/c1-13-7-3-4-8-14(13)22-12-5-9-15(19)18-11-6-10-17(18,2)16(20)21/h3-4,7-8H,5-6,9-12H2,1-2H3,(H,20,21). The second-order valence-electron chi connectivity index (χ2n) is 5.95. The lowest BCUT2D eigenvalue weighted by atomic mass is 9.99. The number of hydrogen-bond donors (Lipinski definition) is 1. The summed E-state index contributed by atoms with van der Waals surface area (Å²) in [5.74, 6) is -0.197. The summed E-state index contributed by atoms with van der Waals surface area (Å²) in [5, 5.41) is 9.32. The molecule has 1 fully saturated rings. The Hall–Kier alpha value is -2.04. The fraction of sp³-hybridized carbons (Fsp3) is 0.529. The third-order valence-corrected chi connectivity index (χ3v) is 4.29. The van der Waals surface area contributed by atoms with E-state index in [-0.39, 0.29) is 5.91 Å². The maximum atomic E-state index is 12.3. The monoisotopic (exact) mass is 305 g/mol. The summed E-state index contributed by atoms with van der Waals surface area (Å²) in [5.41, 5.74) is 0.0142. The van der Waals surface area contributed by atoms with Crippen LogP contribution in [-0.4, -0.2) is 40.6 Å². The Morgan fingerprint density at radius 2 is 2.09 bits per heavy atom. The van der Waals surface area contributed by atoms with Crippen molar-refractivity contribution in [3.63, 3.8) is 0 Å². The molecule has 1 N–H and O–H groups in total. The van der Waals surface area contributed by atoms with Gasteiger partial charge in [-0.1, -0.05) is 18.2 Å². The predicted molar refractivity (Wildman–Crippen MR) is 82.9 cm³/mol. The van der Waals surface area contributed by atoms with Crippen molar-refractivity contribution in [2.45, 2.75) is 45.1 Å². The lowest BCUT2D eigenvalue weighted by Gasteiger charge is -2.31. The van der Waals surface area contributed by atoms with Crippen LogP contribution in [0.4, 0.5) is 0 Å². The predicted octanol–water partition coefficient (Wildman–Crippen LogP) is 2.62. The number of carbonyl (C=O) groups excluding carboxylic acids is 1. The molecule has 1 aromatic carbocycles.